The van der Waals surface area contributed by atoms with Gasteiger partial charge in [0.25, 0.3) is 5.43 Å². The fraction of sp³-hybridized carbons (Fsp3) is 0. The highest BCUT2D eigenvalue weighted by Crippen LogP contribution is 2.15. The second kappa shape index (κ2) is 2.98. The first-order valence-corrected chi connectivity index (χ1v) is 4.42. The van der Waals surface area contributed by atoms with Crippen molar-refractivity contribution in [3.8, 4) is 11.3 Å². The number of aromatic nitrogens is 1. The maximum absolute atomic E-state index is 11.2. The quantitative estimate of drug-likeness (QED) is 0.403. The zero-order valence-corrected chi connectivity index (χ0v) is 8.28. The number of fused-ring (bicyclic) bond motifs is 1. The summed E-state index contributed by atoms with van der Waals surface area (Å²) in [5.74, 6) is 0. The molecule has 6 heteroatoms. The van der Waals surface area contributed by atoms with Gasteiger partial charge in [-0.3, -0.25) is 9.59 Å². The first kappa shape index (κ1) is 9.01. The Morgan fingerprint density at radius 1 is 1.36 bits per heavy atom. The molecule has 2 aliphatic rings. The van der Waals surface area contributed by atoms with Crippen LogP contribution in [0.5, 0.6) is 0 Å². The van der Waals surface area contributed by atoms with E-state index in [1.807, 2.05) is 0 Å². The van der Waals surface area contributed by atoms with E-state index in [1.165, 1.54) is 12.1 Å². The first-order chi connectivity index (χ1) is 6.63. The maximum Gasteiger partial charge on any atom is 0.318 e. The molecule has 0 saturated carbocycles. The highest BCUT2D eigenvalue weighted by Gasteiger charge is 2.15. The molecule has 14 heavy (non-hydrogen) atoms. The number of hydrogen-bond donors (Lipinski definition) is 1. The van der Waals surface area contributed by atoms with Gasteiger partial charge in [-0.2, -0.15) is 0 Å². The van der Waals surface area contributed by atoms with Gasteiger partial charge in [0.2, 0.25) is 0 Å². The van der Waals surface area contributed by atoms with Gasteiger partial charge in [-0.1, -0.05) is 5.16 Å². The van der Waals surface area contributed by atoms with Gasteiger partial charge in [-0.05, 0) is 28.1 Å². The molecule has 1 heterocycles. The number of nitrogens with zero attached hydrogens (tertiary/aromatic N) is 2. The lowest BCUT2D eigenvalue weighted by Gasteiger charge is -1.95. The lowest BCUT2D eigenvalue weighted by Crippen LogP contribution is -2.19. The zero-order valence-electron chi connectivity index (χ0n) is 6.69. The molecule has 0 bridgehead atoms. The Morgan fingerprint density at radius 2 is 2.07 bits per heavy atom. The number of halogens is 1. The highest BCUT2D eigenvalue weighted by atomic mass is 79.9. The van der Waals surface area contributed by atoms with E-state index in [4.69, 9.17) is 5.21 Å². The van der Waals surface area contributed by atoms with Gasteiger partial charge in [0, 0.05) is 4.47 Å². The van der Waals surface area contributed by atoms with Crippen LogP contribution in [0.3, 0.4) is 0 Å². The summed E-state index contributed by atoms with van der Waals surface area (Å²) in [6, 6.07) is 2.78. The molecule has 0 unspecified atom stereocenters. The van der Waals surface area contributed by atoms with Crippen LogP contribution in [0.4, 0.5) is 0 Å². The summed E-state index contributed by atoms with van der Waals surface area (Å²) in [6.45, 7) is 0. The van der Waals surface area contributed by atoms with E-state index in [2.05, 4.69) is 26.1 Å². The third-order valence-electron chi connectivity index (χ3n) is 1.83. The Hall–Kier alpha value is -1.56. The van der Waals surface area contributed by atoms with Gasteiger partial charge in [-0.15, -0.1) is 0 Å². The van der Waals surface area contributed by atoms with Gasteiger partial charge in [0.1, 0.15) is 5.36 Å². The van der Waals surface area contributed by atoms with E-state index >= 15 is 0 Å². The minimum Gasteiger partial charge on any atom is -0.410 e. The number of benzene rings is 1. The average Bonchev–Trinajstić information content (AvgIpc) is 2.41. The van der Waals surface area contributed by atoms with Crippen molar-refractivity contribution >= 4 is 15.9 Å². The molecule has 0 atom stereocenters. The maximum atomic E-state index is 11.2. The molecule has 0 radical (unpaired) electrons. The highest BCUT2D eigenvalue weighted by molar-refractivity contribution is 9.10. The summed E-state index contributed by atoms with van der Waals surface area (Å²) >= 11 is 3.11. The standard InChI is InChI=1S/C8H3BrN2O3/c9-4-2-5-3(1-6(4)11-14)7(12)8(13)10-5/h1-2,14H. The normalized spacial score (nSPS) is 12.5. The van der Waals surface area contributed by atoms with Crippen LogP contribution in [0.15, 0.2) is 31.4 Å². The Kier molecular flexibility index (Phi) is 1.92. The summed E-state index contributed by atoms with van der Waals surface area (Å²) in [5.41, 5.74) is -0.982. The zero-order chi connectivity index (χ0) is 10.3. The fourth-order valence-electron chi connectivity index (χ4n) is 1.18. The Labute approximate surface area is 85.5 Å². The van der Waals surface area contributed by atoms with Gasteiger partial charge >= 0.3 is 5.56 Å². The summed E-state index contributed by atoms with van der Waals surface area (Å²) < 4.78 is 0.477. The van der Waals surface area contributed by atoms with Crippen LogP contribution in [-0.2, 0) is 0 Å². The molecule has 1 aliphatic heterocycles. The molecule has 0 aromatic rings. The van der Waals surface area contributed by atoms with E-state index in [9.17, 15) is 9.59 Å². The van der Waals surface area contributed by atoms with E-state index in [1.54, 1.807) is 0 Å². The molecule has 0 aromatic heterocycles. The molecule has 0 spiro atoms. The fourth-order valence-corrected chi connectivity index (χ4v) is 1.59. The van der Waals surface area contributed by atoms with E-state index in [0.717, 1.165) is 0 Å². The van der Waals surface area contributed by atoms with Crippen molar-refractivity contribution in [2.75, 3.05) is 0 Å². The topological polar surface area (TPSA) is 79.6 Å². The first-order valence-electron chi connectivity index (χ1n) is 3.62. The Balaban J connectivity index is 3.03. The second-order valence-corrected chi connectivity index (χ2v) is 3.52. The van der Waals surface area contributed by atoms with Crippen LogP contribution < -0.4 is 16.3 Å². The summed E-state index contributed by atoms with van der Waals surface area (Å²) in [7, 11) is 0. The van der Waals surface area contributed by atoms with Gasteiger partial charge in [-0.25, -0.2) is 4.98 Å². The van der Waals surface area contributed by atoms with Crippen molar-refractivity contribution in [3.05, 3.63) is 42.5 Å². The smallest absolute Gasteiger partial charge is 0.318 e. The van der Waals surface area contributed by atoms with Crippen molar-refractivity contribution in [3.63, 3.8) is 0 Å². The largest absolute Gasteiger partial charge is 0.410 e. The van der Waals surface area contributed by atoms with E-state index in [0.29, 0.717) is 10.2 Å². The molecule has 5 nitrogen and oxygen atoms in total. The summed E-state index contributed by atoms with van der Waals surface area (Å²) in [4.78, 5) is 25.6. The monoisotopic (exact) mass is 254 g/mol. The van der Waals surface area contributed by atoms with Crippen molar-refractivity contribution in [1.82, 2.24) is 4.98 Å². The second-order valence-electron chi connectivity index (χ2n) is 2.67. The van der Waals surface area contributed by atoms with Crippen LogP contribution >= 0.6 is 15.9 Å². The van der Waals surface area contributed by atoms with Crippen molar-refractivity contribution in [2.24, 2.45) is 5.16 Å². The molecule has 0 fully saturated rings. The minimum atomic E-state index is -0.790. The van der Waals surface area contributed by atoms with Gasteiger partial charge in [0.15, 0.2) is 0 Å². The van der Waals surface area contributed by atoms with Crippen LogP contribution in [-0.4, -0.2) is 10.2 Å². The average molecular weight is 255 g/mol. The molecule has 70 valence electrons. The lowest BCUT2D eigenvalue weighted by atomic mass is 10.1. The Bertz CT molecular complexity index is 613. The molecule has 1 N–H and O–H groups in total. The molecule has 0 aromatic carbocycles. The van der Waals surface area contributed by atoms with Crippen molar-refractivity contribution in [2.45, 2.75) is 0 Å². The third-order valence-corrected chi connectivity index (χ3v) is 2.47. The molecule has 0 saturated heterocycles. The van der Waals surface area contributed by atoms with Crippen LogP contribution in [0, 0.1) is 0 Å². The SMILES string of the molecule is O=c1nc2cc(Br)c(=NO)cc-2c1=O. The van der Waals surface area contributed by atoms with E-state index in [-0.39, 0.29) is 10.9 Å². The third kappa shape index (κ3) is 1.15. The minimum absolute atomic E-state index is 0.172. The summed E-state index contributed by atoms with van der Waals surface area (Å²) in [6.07, 6.45) is 0. The van der Waals surface area contributed by atoms with Gasteiger partial charge < -0.3 is 5.21 Å². The predicted molar refractivity (Wildman–Crippen MR) is 50.8 cm³/mol. The molecule has 2 rings (SSSR count). The summed E-state index contributed by atoms with van der Waals surface area (Å²) in [5, 5.41) is 11.7. The predicted octanol–water partition coefficient (Wildman–Crippen LogP) is -0.165. The van der Waals surface area contributed by atoms with E-state index < -0.39 is 11.0 Å². The van der Waals surface area contributed by atoms with Crippen LogP contribution in [0.1, 0.15) is 0 Å². The van der Waals surface area contributed by atoms with Crippen LogP contribution in [0.25, 0.3) is 11.3 Å². The number of rotatable bonds is 0. The molecule has 1 aliphatic carbocycles. The Morgan fingerprint density at radius 3 is 2.71 bits per heavy atom. The van der Waals surface area contributed by atoms with Crippen molar-refractivity contribution in [1.29, 1.82) is 0 Å². The molecular formula is C8H3BrN2O3. The lowest BCUT2D eigenvalue weighted by molar-refractivity contribution is 0.301. The molecule has 0 amide bonds. The van der Waals surface area contributed by atoms with Crippen LogP contribution in [0.2, 0.25) is 0 Å². The van der Waals surface area contributed by atoms with Crippen molar-refractivity contribution < 1.29 is 5.21 Å². The van der Waals surface area contributed by atoms with Gasteiger partial charge in [0.05, 0.1) is 11.3 Å². The number of hydrogen-bond acceptors (Lipinski definition) is 5. The molecular weight excluding hydrogens is 252 g/mol.